The second-order valence-electron chi connectivity index (χ2n) is 6.88. The first kappa shape index (κ1) is 21.2. The molecule has 0 aliphatic carbocycles. The predicted octanol–water partition coefficient (Wildman–Crippen LogP) is 5.06. The van der Waals surface area contributed by atoms with Crippen molar-refractivity contribution in [1.29, 1.82) is 0 Å². The van der Waals surface area contributed by atoms with Gasteiger partial charge >= 0.3 is 0 Å². The van der Waals surface area contributed by atoms with Crippen LogP contribution in [-0.2, 0) is 16.1 Å². The Labute approximate surface area is 188 Å². The average Bonchev–Trinajstić information content (AvgIpc) is 3.46. The van der Waals surface area contributed by atoms with Crippen LogP contribution < -0.4 is 5.32 Å². The van der Waals surface area contributed by atoms with E-state index in [4.69, 9.17) is 32.4 Å². The number of anilines is 1. The molecule has 1 unspecified atom stereocenters. The molecular formula is C20H20Cl2N4O3S. The SMILES string of the molecule is Cc1occc1-c1nnc(SCC(=O)Nc2cccc(Cl)c2Cl)n1CC1CCCO1. The molecule has 1 N–H and O–H groups in total. The van der Waals surface area contributed by atoms with Crippen molar-refractivity contribution in [3.05, 3.63) is 46.3 Å². The molecule has 7 nitrogen and oxygen atoms in total. The minimum absolute atomic E-state index is 0.102. The Morgan fingerprint density at radius 2 is 2.20 bits per heavy atom. The molecule has 2 aromatic heterocycles. The van der Waals surface area contributed by atoms with Crippen molar-refractivity contribution in [3.8, 4) is 11.4 Å². The van der Waals surface area contributed by atoms with Gasteiger partial charge in [-0.25, -0.2) is 0 Å². The van der Waals surface area contributed by atoms with E-state index in [1.54, 1.807) is 24.5 Å². The van der Waals surface area contributed by atoms with Crippen molar-refractivity contribution in [2.24, 2.45) is 0 Å². The molecular weight excluding hydrogens is 447 g/mol. The summed E-state index contributed by atoms with van der Waals surface area (Å²) in [6, 6.07) is 6.97. The van der Waals surface area contributed by atoms with E-state index in [9.17, 15) is 4.79 Å². The zero-order valence-electron chi connectivity index (χ0n) is 16.2. The zero-order chi connectivity index (χ0) is 21.1. The van der Waals surface area contributed by atoms with Gasteiger partial charge in [-0.3, -0.25) is 9.36 Å². The third-order valence-electron chi connectivity index (χ3n) is 4.78. The highest BCUT2D eigenvalue weighted by Crippen LogP contribution is 2.31. The summed E-state index contributed by atoms with van der Waals surface area (Å²) in [6.07, 6.45) is 3.76. The maximum absolute atomic E-state index is 12.5. The number of halogens is 2. The van der Waals surface area contributed by atoms with Gasteiger partial charge in [-0.15, -0.1) is 10.2 Å². The molecule has 4 rings (SSSR count). The molecule has 3 heterocycles. The largest absolute Gasteiger partial charge is 0.469 e. The molecule has 1 aromatic carbocycles. The van der Waals surface area contributed by atoms with Gasteiger partial charge in [0.05, 0.1) is 46.0 Å². The Morgan fingerprint density at radius 1 is 1.33 bits per heavy atom. The summed E-state index contributed by atoms with van der Waals surface area (Å²) in [7, 11) is 0. The minimum atomic E-state index is -0.211. The lowest BCUT2D eigenvalue weighted by Crippen LogP contribution is -2.18. The van der Waals surface area contributed by atoms with Crippen LogP contribution >= 0.6 is 35.0 Å². The summed E-state index contributed by atoms with van der Waals surface area (Å²) in [5, 5.41) is 12.8. The Balaban J connectivity index is 1.50. The van der Waals surface area contributed by atoms with Gasteiger partial charge in [0.15, 0.2) is 11.0 Å². The van der Waals surface area contributed by atoms with E-state index in [0.29, 0.717) is 33.3 Å². The second kappa shape index (κ2) is 9.43. The molecule has 0 bridgehead atoms. The molecule has 1 fully saturated rings. The number of thioether (sulfide) groups is 1. The number of nitrogens with one attached hydrogen (secondary N) is 1. The predicted molar refractivity (Wildman–Crippen MR) is 117 cm³/mol. The Bertz CT molecular complexity index is 1050. The highest BCUT2D eigenvalue weighted by molar-refractivity contribution is 7.99. The van der Waals surface area contributed by atoms with E-state index in [2.05, 4.69) is 15.5 Å². The standard InChI is InChI=1S/C20H20Cl2N4O3S/c1-12-14(7-9-28-12)19-24-25-20(26(19)10-13-4-3-8-29-13)30-11-17(27)23-16-6-2-5-15(21)18(16)22/h2,5-7,9,13H,3-4,8,10-11H2,1H3,(H,23,27). The summed E-state index contributed by atoms with van der Waals surface area (Å²) < 4.78 is 13.2. The number of carbonyl (C=O) groups is 1. The maximum atomic E-state index is 12.5. The van der Waals surface area contributed by atoms with Gasteiger partial charge in [-0.2, -0.15) is 0 Å². The van der Waals surface area contributed by atoms with Gasteiger partial charge in [0.25, 0.3) is 0 Å². The van der Waals surface area contributed by atoms with Crippen molar-refractivity contribution in [1.82, 2.24) is 14.8 Å². The number of hydrogen-bond acceptors (Lipinski definition) is 6. The van der Waals surface area contributed by atoms with Crippen LogP contribution in [0.25, 0.3) is 11.4 Å². The summed E-state index contributed by atoms with van der Waals surface area (Å²) in [5.41, 5.74) is 1.35. The van der Waals surface area contributed by atoms with Crippen LogP contribution in [0, 0.1) is 6.92 Å². The summed E-state index contributed by atoms with van der Waals surface area (Å²) in [4.78, 5) is 12.5. The number of aryl methyl sites for hydroxylation is 1. The van der Waals surface area contributed by atoms with Gasteiger partial charge in [0.1, 0.15) is 5.76 Å². The van der Waals surface area contributed by atoms with E-state index in [1.807, 2.05) is 17.6 Å². The normalized spacial score (nSPS) is 16.2. The number of amides is 1. The highest BCUT2D eigenvalue weighted by Gasteiger charge is 2.23. The van der Waals surface area contributed by atoms with Gasteiger partial charge in [0, 0.05) is 6.61 Å². The third-order valence-corrected chi connectivity index (χ3v) is 6.57. The lowest BCUT2D eigenvalue weighted by Gasteiger charge is -2.14. The Kier molecular flexibility index (Phi) is 6.67. The molecule has 0 saturated carbocycles. The Hall–Kier alpha value is -2.00. The number of hydrogen-bond donors (Lipinski definition) is 1. The van der Waals surface area contributed by atoms with Gasteiger partial charge in [0.2, 0.25) is 5.91 Å². The number of ether oxygens (including phenoxy) is 1. The van der Waals surface area contributed by atoms with Crippen LogP contribution in [0.2, 0.25) is 10.0 Å². The second-order valence-corrected chi connectivity index (χ2v) is 8.61. The number of benzene rings is 1. The van der Waals surface area contributed by atoms with Gasteiger partial charge < -0.3 is 14.5 Å². The zero-order valence-corrected chi connectivity index (χ0v) is 18.6. The molecule has 0 spiro atoms. The quantitative estimate of drug-likeness (QED) is 0.489. The van der Waals surface area contributed by atoms with E-state index in [1.165, 1.54) is 11.8 Å². The number of nitrogens with zero attached hydrogens (tertiary/aromatic N) is 3. The van der Waals surface area contributed by atoms with Crippen LogP contribution in [0.5, 0.6) is 0 Å². The number of aromatic nitrogens is 3. The van der Waals surface area contributed by atoms with E-state index >= 15 is 0 Å². The molecule has 1 saturated heterocycles. The molecule has 3 aromatic rings. The topological polar surface area (TPSA) is 82.2 Å². The lowest BCUT2D eigenvalue weighted by atomic mass is 10.2. The van der Waals surface area contributed by atoms with Gasteiger partial charge in [-0.1, -0.05) is 41.0 Å². The summed E-state index contributed by atoms with van der Waals surface area (Å²) in [6.45, 7) is 3.27. The molecule has 10 heteroatoms. The summed E-state index contributed by atoms with van der Waals surface area (Å²) in [5.74, 6) is 1.41. The van der Waals surface area contributed by atoms with Crippen molar-refractivity contribution < 1.29 is 13.9 Å². The first-order valence-electron chi connectivity index (χ1n) is 9.49. The highest BCUT2D eigenvalue weighted by atomic mass is 35.5. The monoisotopic (exact) mass is 466 g/mol. The number of rotatable bonds is 7. The van der Waals surface area contributed by atoms with Crippen molar-refractivity contribution >= 4 is 46.6 Å². The molecule has 30 heavy (non-hydrogen) atoms. The molecule has 1 atom stereocenters. The third kappa shape index (κ3) is 4.67. The smallest absolute Gasteiger partial charge is 0.234 e. The Morgan fingerprint density at radius 3 is 2.93 bits per heavy atom. The van der Waals surface area contributed by atoms with Gasteiger partial charge in [-0.05, 0) is 38.0 Å². The average molecular weight is 467 g/mol. The van der Waals surface area contributed by atoms with E-state index in [-0.39, 0.29) is 17.8 Å². The molecule has 158 valence electrons. The van der Waals surface area contributed by atoms with E-state index < -0.39 is 0 Å². The fourth-order valence-electron chi connectivity index (χ4n) is 3.28. The van der Waals surface area contributed by atoms with Crippen LogP contribution in [0.4, 0.5) is 5.69 Å². The maximum Gasteiger partial charge on any atom is 0.234 e. The minimum Gasteiger partial charge on any atom is -0.469 e. The first-order valence-corrected chi connectivity index (χ1v) is 11.2. The van der Waals surface area contributed by atoms with E-state index in [0.717, 1.165) is 30.8 Å². The van der Waals surface area contributed by atoms with Crippen molar-refractivity contribution in [3.63, 3.8) is 0 Å². The molecule has 1 amide bonds. The van der Waals surface area contributed by atoms with Crippen molar-refractivity contribution in [2.75, 3.05) is 17.7 Å². The van der Waals surface area contributed by atoms with Crippen LogP contribution in [-0.4, -0.2) is 39.1 Å². The molecule has 0 radical (unpaired) electrons. The van der Waals surface area contributed by atoms with Crippen LogP contribution in [0.15, 0.2) is 40.1 Å². The fraction of sp³-hybridized carbons (Fsp3) is 0.350. The fourth-order valence-corrected chi connectivity index (χ4v) is 4.38. The first-order chi connectivity index (χ1) is 14.5. The summed E-state index contributed by atoms with van der Waals surface area (Å²) >= 11 is 13.5. The lowest BCUT2D eigenvalue weighted by molar-refractivity contribution is -0.113. The number of furan rings is 1. The van der Waals surface area contributed by atoms with Crippen LogP contribution in [0.1, 0.15) is 18.6 Å². The van der Waals surface area contributed by atoms with Crippen LogP contribution in [0.3, 0.4) is 0 Å². The molecule has 1 aliphatic rings. The molecule has 1 aliphatic heterocycles. The van der Waals surface area contributed by atoms with Crippen molar-refractivity contribution in [2.45, 2.75) is 37.6 Å². The number of carbonyl (C=O) groups excluding carboxylic acids is 1.